The Morgan fingerprint density at radius 3 is 2.36 bits per heavy atom. The summed E-state index contributed by atoms with van der Waals surface area (Å²) in [5.41, 5.74) is 2.44. The molecule has 0 aliphatic heterocycles. The van der Waals surface area contributed by atoms with Crippen molar-refractivity contribution in [2.45, 2.75) is 33.7 Å². The van der Waals surface area contributed by atoms with Crippen molar-refractivity contribution >= 4 is 0 Å². The van der Waals surface area contributed by atoms with Crippen molar-refractivity contribution in [2.75, 3.05) is 7.11 Å². The quantitative estimate of drug-likeness (QED) is 0.710. The van der Waals surface area contributed by atoms with Crippen molar-refractivity contribution < 1.29 is 9.47 Å². The monoisotopic (exact) mass is 380 g/mol. The van der Waals surface area contributed by atoms with Gasteiger partial charge in [0.05, 0.1) is 19.2 Å². The van der Waals surface area contributed by atoms with Crippen LogP contribution in [0.15, 0.2) is 52.1 Å². The first-order chi connectivity index (χ1) is 13.4. The van der Waals surface area contributed by atoms with E-state index in [4.69, 9.17) is 9.47 Å². The number of aryl methyl sites for hydroxylation is 2. The lowest BCUT2D eigenvalue weighted by atomic mass is 10.1. The number of aromatic nitrogens is 2. The van der Waals surface area contributed by atoms with Crippen molar-refractivity contribution in [3.05, 3.63) is 85.6 Å². The molecule has 0 atom stereocenters. The molecule has 0 unspecified atom stereocenters. The molecule has 0 amide bonds. The lowest BCUT2D eigenvalue weighted by Gasteiger charge is -2.17. The fraction of sp³-hybridized carbons (Fsp3) is 0.273. The van der Waals surface area contributed by atoms with Gasteiger partial charge in [-0.25, -0.2) is 4.79 Å². The lowest BCUT2D eigenvalue weighted by molar-refractivity contribution is 0.408. The van der Waals surface area contributed by atoms with E-state index in [1.165, 1.54) is 4.57 Å². The van der Waals surface area contributed by atoms with Gasteiger partial charge in [0.25, 0.3) is 5.56 Å². The van der Waals surface area contributed by atoms with E-state index in [2.05, 4.69) is 4.98 Å². The van der Waals surface area contributed by atoms with Crippen molar-refractivity contribution in [1.82, 2.24) is 9.55 Å². The van der Waals surface area contributed by atoms with Gasteiger partial charge in [-0.2, -0.15) is 0 Å². The molecule has 146 valence electrons. The molecule has 2 aromatic carbocycles. The molecule has 3 aromatic rings. The van der Waals surface area contributed by atoms with Gasteiger partial charge in [-0.05, 0) is 61.2 Å². The molecule has 0 aliphatic carbocycles. The molecule has 0 spiro atoms. The lowest BCUT2D eigenvalue weighted by Crippen LogP contribution is -2.33. The van der Waals surface area contributed by atoms with Gasteiger partial charge in [0.15, 0.2) is 0 Å². The first-order valence-corrected chi connectivity index (χ1v) is 9.16. The van der Waals surface area contributed by atoms with Gasteiger partial charge < -0.3 is 9.47 Å². The molecule has 0 aliphatic rings. The molecule has 1 heterocycles. The summed E-state index contributed by atoms with van der Waals surface area (Å²) in [6, 6.07) is 13.2. The van der Waals surface area contributed by atoms with Crippen LogP contribution in [-0.4, -0.2) is 16.7 Å². The summed E-state index contributed by atoms with van der Waals surface area (Å²) in [6.07, 6.45) is 0.438. The summed E-state index contributed by atoms with van der Waals surface area (Å²) in [5, 5.41) is 0. The highest BCUT2D eigenvalue weighted by Crippen LogP contribution is 2.26. The van der Waals surface area contributed by atoms with E-state index in [0.29, 0.717) is 23.5 Å². The third-order valence-corrected chi connectivity index (χ3v) is 4.48. The molecule has 3 rings (SSSR count). The van der Waals surface area contributed by atoms with Crippen molar-refractivity contribution in [3.8, 4) is 17.4 Å². The smallest absolute Gasteiger partial charge is 0.331 e. The Bertz CT molecular complexity index is 1090. The number of benzene rings is 2. The second-order valence-electron chi connectivity index (χ2n) is 6.76. The van der Waals surface area contributed by atoms with Gasteiger partial charge in [0, 0.05) is 0 Å². The molecule has 0 saturated heterocycles. The largest absolute Gasteiger partial charge is 0.497 e. The van der Waals surface area contributed by atoms with Gasteiger partial charge in [0.2, 0.25) is 5.88 Å². The molecular weight excluding hydrogens is 356 g/mol. The summed E-state index contributed by atoms with van der Waals surface area (Å²) in [5.74, 6) is 1.56. The van der Waals surface area contributed by atoms with E-state index in [-0.39, 0.29) is 12.4 Å². The van der Waals surface area contributed by atoms with Crippen LogP contribution in [0.2, 0.25) is 0 Å². The topological polar surface area (TPSA) is 73.3 Å². The zero-order valence-corrected chi connectivity index (χ0v) is 16.5. The van der Waals surface area contributed by atoms with E-state index in [1.807, 2.05) is 63.2 Å². The summed E-state index contributed by atoms with van der Waals surface area (Å²) in [7, 11) is 1.59. The average molecular weight is 380 g/mol. The number of ether oxygens (including phenoxy) is 2. The fourth-order valence-electron chi connectivity index (χ4n) is 3.22. The minimum absolute atomic E-state index is 0.250. The standard InChI is InChI=1S/C22H24N2O4/c1-5-19-20(25)23-22(26)24(13-16-7-6-8-17(12-16)27-4)21(19)28-18-10-14(2)9-15(3)11-18/h6-12H,5,13H2,1-4H3,(H,23,25,26). The number of nitrogens with zero attached hydrogens (tertiary/aromatic N) is 1. The van der Waals surface area contributed by atoms with Crippen LogP contribution in [-0.2, 0) is 13.0 Å². The number of hydrogen-bond acceptors (Lipinski definition) is 4. The Labute approximate surface area is 163 Å². The maximum absolute atomic E-state index is 12.6. The molecule has 6 nitrogen and oxygen atoms in total. The number of methoxy groups -OCH3 is 1. The SMILES string of the molecule is CCc1c(Oc2cc(C)cc(C)c2)n(Cc2cccc(OC)c2)c(=O)[nH]c1=O. The van der Waals surface area contributed by atoms with Gasteiger partial charge in [0.1, 0.15) is 11.5 Å². The van der Waals surface area contributed by atoms with Gasteiger partial charge in [-0.1, -0.05) is 25.1 Å². The Balaban J connectivity index is 2.13. The van der Waals surface area contributed by atoms with Crippen LogP contribution >= 0.6 is 0 Å². The molecular formula is C22H24N2O4. The van der Waals surface area contributed by atoms with Crippen LogP contribution < -0.4 is 20.7 Å². The van der Waals surface area contributed by atoms with E-state index >= 15 is 0 Å². The maximum atomic E-state index is 12.6. The average Bonchev–Trinajstić information content (AvgIpc) is 2.64. The number of rotatable bonds is 6. The fourth-order valence-corrected chi connectivity index (χ4v) is 3.22. The Morgan fingerprint density at radius 1 is 1.00 bits per heavy atom. The second-order valence-corrected chi connectivity index (χ2v) is 6.76. The van der Waals surface area contributed by atoms with Crippen molar-refractivity contribution in [1.29, 1.82) is 0 Å². The first-order valence-electron chi connectivity index (χ1n) is 9.16. The van der Waals surface area contributed by atoms with E-state index < -0.39 is 11.2 Å². The van der Waals surface area contributed by atoms with Gasteiger partial charge in [-0.15, -0.1) is 0 Å². The van der Waals surface area contributed by atoms with Crippen LogP contribution in [0, 0.1) is 13.8 Å². The van der Waals surface area contributed by atoms with Crippen LogP contribution in [0.5, 0.6) is 17.4 Å². The zero-order valence-electron chi connectivity index (χ0n) is 16.5. The molecule has 1 N–H and O–H groups in total. The van der Waals surface area contributed by atoms with Crippen LogP contribution in [0.25, 0.3) is 0 Å². The molecule has 0 fully saturated rings. The molecule has 0 radical (unpaired) electrons. The molecule has 1 aromatic heterocycles. The zero-order chi connectivity index (χ0) is 20.3. The molecule has 28 heavy (non-hydrogen) atoms. The Morgan fingerprint density at radius 2 is 1.71 bits per heavy atom. The van der Waals surface area contributed by atoms with E-state index in [9.17, 15) is 9.59 Å². The summed E-state index contributed by atoms with van der Waals surface area (Å²) in [6.45, 7) is 6.06. The normalized spacial score (nSPS) is 10.7. The Kier molecular flexibility index (Phi) is 5.68. The predicted molar refractivity (Wildman–Crippen MR) is 109 cm³/mol. The highest BCUT2D eigenvalue weighted by Gasteiger charge is 2.17. The number of nitrogens with one attached hydrogen (secondary N) is 1. The molecule has 6 heteroatoms. The van der Waals surface area contributed by atoms with Gasteiger partial charge in [-0.3, -0.25) is 14.3 Å². The summed E-state index contributed by atoms with van der Waals surface area (Å²) < 4.78 is 12.8. The van der Waals surface area contributed by atoms with Crippen LogP contribution in [0.4, 0.5) is 0 Å². The summed E-state index contributed by atoms with van der Waals surface area (Å²) >= 11 is 0. The molecule has 0 bridgehead atoms. The third-order valence-electron chi connectivity index (χ3n) is 4.48. The summed E-state index contributed by atoms with van der Waals surface area (Å²) in [4.78, 5) is 27.4. The first kappa shape index (κ1) is 19.5. The number of H-pyrrole nitrogens is 1. The number of aromatic amines is 1. The van der Waals surface area contributed by atoms with E-state index in [1.54, 1.807) is 7.11 Å². The van der Waals surface area contributed by atoms with E-state index in [0.717, 1.165) is 16.7 Å². The minimum Gasteiger partial charge on any atom is -0.497 e. The highest BCUT2D eigenvalue weighted by molar-refractivity contribution is 5.38. The highest BCUT2D eigenvalue weighted by atomic mass is 16.5. The minimum atomic E-state index is -0.510. The maximum Gasteiger partial charge on any atom is 0.331 e. The van der Waals surface area contributed by atoms with Crippen molar-refractivity contribution in [2.24, 2.45) is 0 Å². The number of hydrogen-bond donors (Lipinski definition) is 1. The predicted octanol–water partition coefficient (Wildman–Crippen LogP) is 3.57. The third kappa shape index (κ3) is 4.17. The van der Waals surface area contributed by atoms with Crippen LogP contribution in [0.3, 0.4) is 0 Å². The second kappa shape index (κ2) is 8.17. The van der Waals surface area contributed by atoms with Crippen molar-refractivity contribution in [3.63, 3.8) is 0 Å². The van der Waals surface area contributed by atoms with Gasteiger partial charge >= 0.3 is 5.69 Å². The molecule has 0 saturated carbocycles. The van der Waals surface area contributed by atoms with Crippen LogP contribution in [0.1, 0.15) is 29.2 Å². The Hall–Kier alpha value is -3.28.